The average molecular weight is 453 g/mol. The number of carbonyl (C=O) groups excluding carboxylic acids is 2. The molecule has 1 aliphatic rings. The molecule has 32 heavy (non-hydrogen) atoms. The molecular weight excluding hydrogens is 420 g/mol. The number of amides is 2. The average Bonchev–Trinajstić information content (AvgIpc) is 3.45. The summed E-state index contributed by atoms with van der Waals surface area (Å²) >= 11 is 1.73. The van der Waals surface area contributed by atoms with Gasteiger partial charge in [0.2, 0.25) is 11.8 Å². The largest absolute Gasteiger partial charge is 0.361 e. The van der Waals surface area contributed by atoms with E-state index in [0.29, 0.717) is 13.0 Å². The lowest BCUT2D eigenvalue weighted by Crippen LogP contribution is -2.49. The van der Waals surface area contributed by atoms with Gasteiger partial charge in [-0.15, -0.1) is 11.3 Å². The standard InChI is InChI=1S/C25H32N4O2S/c1-17-9-11-29(12-10-17)23(24-8-5-13-32-24)16-27-25(31)22(28-18(2)30)14-19-15-26-21-7-4-3-6-20(19)21/h3-8,13,15,17,22-23,26H,9-12,14,16H2,1-2H3,(H,27,31)(H,28,30)/t22-,23+/m1/s1. The second-order valence-corrected chi connectivity index (χ2v) is 9.79. The minimum absolute atomic E-state index is 0.141. The first-order chi connectivity index (χ1) is 15.5. The summed E-state index contributed by atoms with van der Waals surface area (Å²) in [5.41, 5.74) is 2.05. The van der Waals surface area contributed by atoms with Crippen molar-refractivity contribution in [2.75, 3.05) is 19.6 Å². The molecule has 0 bridgehead atoms. The fraction of sp³-hybridized carbons (Fsp3) is 0.440. The van der Waals surface area contributed by atoms with Crippen molar-refractivity contribution in [3.05, 3.63) is 58.4 Å². The third-order valence-electron chi connectivity index (χ3n) is 6.39. The summed E-state index contributed by atoms with van der Waals surface area (Å²) in [4.78, 5) is 32.1. The van der Waals surface area contributed by atoms with Crippen molar-refractivity contribution in [2.24, 2.45) is 5.92 Å². The van der Waals surface area contributed by atoms with Crippen molar-refractivity contribution in [3.8, 4) is 0 Å². The molecular formula is C25H32N4O2S. The number of hydrogen-bond acceptors (Lipinski definition) is 4. The van der Waals surface area contributed by atoms with Gasteiger partial charge in [0.15, 0.2) is 0 Å². The Kier molecular flexibility index (Phi) is 7.27. The maximum atomic E-state index is 13.2. The van der Waals surface area contributed by atoms with Crippen LogP contribution < -0.4 is 10.6 Å². The van der Waals surface area contributed by atoms with E-state index in [1.807, 2.05) is 30.5 Å². The maximum Gasteiger partial charge on any atom is 0.242 e. The van der Waals surface area contributed by atoms with E-state index in [9.17, 15) is 9.59 Å². The fourth-order valence-electron chi connectivity index (χ4n) is 4.53. The Labute approximate surface area is 193 Å². The number of hydrogen-bond donors (Lipinski definition) is 3. The van der Waals surface area contributed by atoms with Gasteiger partial charge in [0, 0.05) is 41.9 Å². The van der Waals surface area contributed by atoms with Crippen molar-refractivity contribution >= 4 is 34.1 Å². The summed E-state index contributed by atoms with van der Waals surface area (Å²) in [5.74, 6) is 0.410. The molecule has 0 unspecified atom stereocenters. The van der Waals surface area contributed by atoms with Gasteiger partial charge in [-0.25, -0.2) is 0 Å². The van der Waals surface area contributed by atoms with Gasteiger partial charge in [-0.05, 0) is 54.9 Å². The zero-order valence-electron chi connectivity index (χ0n) is 18.8. The predicted molar refractivity (Wildman–Crippen MR) is 130 cm³/mol. The Hall–Kier alpha value is -2.64. The molecule has 0 aliphatic carbocycles. The Morgan fingerprint density at radius 1 is 1.19 bits per heavy atom. The summed E-state index contributed by atoms with van der Waals surface area (Å²) in [7, 11) is 0. The van der Waals surface area contributed by atoms with E-state index in [1.54, 1.807) is 11.3 Å². The molecule has 170 valence electrons. The molecule has 1 fully saturated rings. The molecule has 0 spiro atoms. The third kappa shape index (κ3) is 5.40. The molecule has 0 saturated carbocycles. The molecule has 1 aromatic carbocycles. The molecule has 3 heterocycles. The number of aromatic amines is 1. The zero-order chi connectivity index (χ0) is 22.5. The monoisotopic (exact) mass is 452 g/mol. The number of carbonyl (C=O) groups is 2. The van der Waals surface area contributed by atoms with Crippen LogP contribution in [0.4, 0.5) is 0 Å². The lowest BCUT2D eigenvalue weighted by atomic mass is 9.97. The van der Waals surface area contributed by atoms with Gasteiger partial charge < -0.3 is 15.6 Å². The van der Waals surface area contributed by atoms with Crippen molar-refractivity contribution in [1.82, 2.24) is 20.5 Å². The van der Waals surface area contributed by atoms with Gasteiger partial charge in [-0.2, -0.15) is 0 Å². The SMILES string of the molecule is CC(=O)N[C@H](Cc1c[nH]c2ccccc12)C(=O)NC[C@@H](c1cccs1)N1CCC(C)CC1. The van der Waals surface area contributed by atoms with Gasteiger partial charge in [-0.1, -0.05) is 31.2 Å². The summed E-state index contributed by atoms with van der Waals surface area (Å²) < 4.78 is 0. The highest BCUT2D eigenvalue weighted by molar-refractivity contribution is 7.10. The fourth-order valence-corrected chi connectivity index (χ4v) is 5.39. The minimum atomic E-state index is -0.614. The van der Waals surface area contributed by atoms with Crippen LogP contribution in [0.3, 0.4) is 0 Å². The lowest BCUT2D eigenvalue weighted by Gasteiger charge is -2.36. The number of benzene rings is 1. The molecule has 0 radical (unpaired) electrons. The summed E-state index contributed by atoms with van der Waals surface area (Å²) in [6, 6.07) is 11.8. The number of likely N-dealkylation sites (tertiary alicyclic amines) is 1. The van der Waals surface area contributed by atoms with E-state index in [4.69, 9.17) is 0 Å². The molecule has 3 aromatic rings. The lowest BCUT2D eigenvalue weighted by molar-refractivity contribution is -0.128. The Morgan fingerprint density at radius 2 is 1.97 bits per heavy atom. The zero-order valence-corrected chi connectivity index (χ0v) is 19.6. The summed E-state index contributed by atoms with van der Waals surface area (Å²) in [6.07, 6.45) is 4.74. The van der Waals surface area contributed by atoms with Crippen LogP contribution in [0.15, 0.2) is 48.0 Å². The van der Waals surface area contributed by atoms with Crippen LogP contribution in [-0.2, 0) is 16.0 Å². The number of piperidine rings is 1. The van der Waals surface area contributed by atoms with Crippen molar-refractivity contribution in [2.45, 2.75) is 45.2 Å². The maximum absolute atomic E-state index is 13.2. The molecule has 2 amide bonds. The van der Waals surface area contributed by atoms with Gasteiger partial charge in [0.1, 0.15) is 6.04 Å². The van der Waals surface area contributed by atoms with E-state index in [-0.39, 0.29) is 17.9 Å². The van der Waals surface area contributed by atoms with Crippen molar-refractivity contribution in [1.29, 1.82) is 0 Å². The number of fused-ring (bicyclic) bond motifs is 1. The summed E-state index contributed by atoms with van der Waals surface area (Å²) in [5, 5.41) is 9.17. The highest BCUT2D eigenvalue weighted by atomic mass is 32.1. The number of aromatic nitrogens is 1. The minimum Gasteiger partial charge on any atom is -0.361 e. The molecule has 2 atom stereocenters. The highest BCUT2D eigenvalue weighted by Gasteiger charge is 2.27. The normalized spacial score (nSPS) is 17.2. The van der Waals surface area contributed by atoms with Crippen LogP contribution in [-0.4, -0.2) is 47.4 Å². The first kappa shape index (κ1) is 22.6. The molecule has 1 saturated heterocycles. The quantitative estimate of drug-likeness (QED) is 0.486. The highest BCUT2D eigenvalue weighted by Crippen LogP contribution is 2.29. The smallest absolute Gasteiger partial charge is 0.242 e. The van der Waals surface area contributed by atoms with Crippen LogP contribution >= 0.6 is 11.3 Å². The van der Waals surface area contributed by atoms with Crippen molar-refractivity contribution < 1.29 is 9.59 Å². The first-order valence-corrected chi connectivity index (χ1v) is 12.3. The second-order valence-electron chi connectivity index (χ2n) is 8.81. The number of rotatable bonds is 8. The Balaban J connectivity index is 1.46. The van der Waals surface area contributed by atoms with Crippen LogP contribution in [0, 0.1) is 5.92 Å². The number of H-pyrrole nitrogens is 1. The number of para-hydroxylation sites is 1. The molecule has 2 aromatic heterocycles. The number of nitrogens with one attached hydrogen (secondary N) is 3. The van der Waals surface area contributed by atoms with Crippen LogP contribution in [0.5, 0.6) is 0 Å². The van der Waals surface area contributed by atoms with Crippen LogP contribution in [0.2, 0.25) is 0 Å². The van der Waals surface area contributed by atoms with Crippen molar-refractivity contribution in [3.63, 3.8) is 0 Å². The summed E-state index contributed by atoms with van der Waals surface area (Å²) in [6.45, 7) is 6.40. The topological polar surface area (TPSA) is 77.2 Å². The Bertz CT molecular complexity index is 1040. The van der Waals surface area contributed by atoms with E-state index < -0.39 is 6.04 Å². The van der Waals surface area contributed by atoms with Crippen LogP contribution in [0.25, 0.3) is 10.9 Å². The second kappa shape index (κ2) is 10.3. The number of nitrogens with zero attached hydrogens (tertiary/aromatic N) is 1. The molecule has 7 heteroatoms. The van der Waals surface area contributed by atoms with E-state index in [1.165, 1.54) is 24.6 Å². The number of thiophene rings is 1. The Morgan fingerprint density at radius 3 is 2.69 bits per heavy atom. The van der Waals surface area contributed by atoms with Gasteiger partial charge in [0.25, 0.3) is 0 Å². The molecule has 3 N–H and O–H groups in total. The molecule has 6 nitrogen and oxygen atoms in total. The van der Waals surface area contributed by atoms with Gasteiger partial charge in [-0.3, -0.25) is 14.5 Å². The van der Waals surface area contributed by atoms with Crippen LogP contribution in [0.1, 0.15) is 43.2 Å². The first-order valence-electron chi connectivity index (χ1n) is 11.4. The van der Waals surface area contributed by atoms with E-state index in [0.717, 1.165) is 35.5 Å². The van der Waals surface area contributed by atoms with E-state index >= 15 is 0 Å². The third-order valence-corrected chi connectivity index (χ3v) is 7.37. The molecule has 1 aliphatic heterocycles. The van der Waals surface area contributed by atoms with Gasteiger partial charge in [0.05, 0.1) is 6.04 Å². The predicted octanol–water partition coefficient (Wildman–Crippen LogP) is 3.87. The van der Waals surface area contributed by atoms with Gasteiger partial charge >= 0.3 is 0 Å². The van der Waals surface area contributed by atoms with E-state index in [2.05, 4.69) is 45.0 Å². The molecule has 4 rings (SSSR count).